The fourth-order valence-corrected chi connectivity index (χ4v) is 2.32. The highest BCUT2D eigenvalue weighted by Gasteiger charge is 2.25. The maximum atomic E-state index is 3.87. The molecule has 0 spiro atoms. The Morgan fingerprint density at radius 1 is 1.33 bits per heavy atom. The lowest BCUT2D eigenvalue weighted by molar-refractivity contribution is 0.174. The first-order valence-corrected chi connectivity index (χ1v) is 6.39. The molecule has 0 amide bonds. The average molecular weight is 208 g/mol. The van der Waals surface area contributed by atoms with Gasteiger partial charge in [0, 0.05) is 25.2 Å². The first-order chi connectivity index (χ1) is 7.29. The van der Waals surface area contributed by atoms with Gasteiger partial charge < -0.3 is 5.32 Å². The maximum absolute atomic E-state index is 3.87. The van der Waals surface area contributed by atoms with Crippen LogP contribution >= 0.6 is 0 Å². The van der Waals surface area contributed by atoms with Crippen LogP contribution in [0.4, 0.5) is 0 Å². The van der Waals surface area contributed by atoms with Crippen molar-refractivity contribution in [1.29, 1.82) is 0 Å². The molecular formula is C13H24N2. The highest BCUT2D eigenvalue weighted by Crippen LogP contribution is 2.28. The lowest BCUT2D eigenvalue weighted by Crippen LogP contribution is -2.45. The summed E-state index contributed by atoms with van der Waals surface area (Å²) < 4.78 is 0. The summed E-state index contributed by atoms with van der Waals surface area (Å²) in [6.07, 6.45) is 7.59. The van der Waals surface area contributed by atoms with E-state index in [1.807, 2.05) is 0 Å². The number of hydrogen-bond acceptors (Lipinski definition) is 2. The van der Waals surface area contributed by atoms with Crippen molar-refractivity contribution < 1.29 is 0 Å². The quantitative estimate of drug-likeness (QED) is 0.695. The molecule has 1 aliphatic heterocycles. The summed E-state index contributed by atoms with van der Waals surface area (Å²) in [6.45, 7) is 9.84. The number of likely N-dealkylation sites (tertiary alicyclic amines) is 1. The fraction of sp³-hybridized carbons (Fsp3) is 0.846. The zero-order chi connectivity index (χ0) is 10.7. The van der Waals surface area contributed by atoms with E-state index in [9.17, 15) is 0 Å². The summed E-state index contributed by atoms with van der Waals surface area (Å²) in [4.78, 5) is 2.53. The van der Waals surface area contributed by atoms with Crippen LogP contribution in [0.3, 0.4) is 0 Å². The number of nitrogens with zero attached hydrogens (tertiary/aromatic N) is 1. The molecule has 1 saturated carbocycles. The van der Waals surface area contributed by atoms with Crippen LogP contribution in [0.15, 0.2) is 12.7 Å². The third-order valence-electron chi connectivity index (χ3n) is 3.84. The van der Waals surface area contributed by atoms with Gasteiger partial charge >= 0.3 is 0 Å². The minimum atomic E-state index is 0.550. The van der Waals surface area contributed by atoms with Crippen LogP contribution < -0.4 is 5.32 Å². The van der Waals surface area contributed by atoms with Crippen LogP contribution in [0.5, 0.6) is 0 Å². The van der Waals surface area contributed by atoms with Crippen LogP contribution in [-0.4, -0.2) is 36.6 Å². The molecule has 2 nitrogen and oxygen atoms in total. The molecule has 0 aromatic rings. The minimum absolute atomic E-state index is 0.550. The van der Waals surface area contributed by atoms with Crippen molar-refractivity contribution >= 4 is 0 Å². The largest absolute Gasteiger partial charge is 0.314 e. The van der Waals surface area contributed by atoms with Gasteiger partial charge in [-0.2, -0.15) is 0 Å². The summed E-state index contributed by atoms with van der Waals surface area (Å²) in [7, 11) is 0. The number of piperidine rings is 1. The van der Waals surface area contributed by atoms with Crippen molar-refractivity contribution in [2.45, 2.75) is 44.7 Å². The molecule has 86 valence electrons. The SMILES string of the molecule is C=CC(C)N1CCC(NCC2CC2)CC1. The van der Waals surface area contributed by atoms with E-state index in [0.29, 0.717) is 6.04 Å². The molecule has 1 N–H and O–H groups in total. The van der Waals surface area contributed by atoms with Crippen molar-refractivity contribution in [3.05, 3.63) is 12.7 Å². The van der Waals surface area contributed by atoms with Gasteiger partial charge in [0.1, 0.15) is 0 Å². The van der Waals surface area contributed by atoms with Crippen LogP contribution in [0.25, 0.3) is 0 Å². The molecule has 2 fully saturated rings. The summed E-state index contributed by atoms with van der Waals surface area (Å²) in [5.41, 5.74) is 0. The van der Waals surface area contributed by atoms with Gasteiger partial charge in [0.15, 0.2) is 0 Å². The lowest BCUT2D eigenvalue weighted by Gasteiger charge is -2.35. The van der Waals surface area contributed by atoms with Gasteiger partial charge in [0.05, 0.1) is 0 Å². The highest BCUT2D eigenvalue weighted by molar-refractivity contribution is 4.88. The Hall–Kier alpha value is -0.340. The molecule has 1 atom stereocenters. The topological polar surface area (TPSA) is 15.3 Å². The summed E-state index contributed by atoms with van der Waals surface area (Å²) in [6, 6.07) is 1.33. The van der Waals surface area contributed by atoms with Gasteiger partial charge in [0.25, 0.3) is 0 Å². The van der Waals surface area contributed by atoms with Crippen LogP contribution in [0.2, 0.25) is 0 Å². The number of rotatable bonds is 5. The van der Waals surface area contributed by atoms with Crippen LogP contribution in [-0.2, 0) is 0 Å². The van der Waals surface area contributed by atoms with Gasteiger partial charge in [0.2, 0.25) is 0 Å². The second-order valence-electron chi connectivity index (χ2n) is 5.14. The third kappa shape index (κ3) is 3.32. The molecule has 0 bridgehead atoms. The summed E-state index contributed by atoms with van der Waals surface area (Å²) >= 11 is 0. The molecule has 2 heteroatoms. The molecule has 1 heterocycles. The van der Waals surface area contributed by atoms with Crippen molar-refractivity contribution in [3.63, 3.8) is 0 Å². The van der Waals surface area contributed by atoms with Crippen LogP contribution in [0, 0.1) is 5.92 Å². The first kappa shape index (κ1) is 11.2. The van der Waals surface area contributed by atoms with E-state index in [2.05, 4.69) is 29.8 Å². The molecule has 2 rings (SSSR count). The van der Waals surface area contributed by atoms with Gasteiger partial charge in [-0.15, -0.1) is 6.58 Å². The molecule has 15 heavy (non-hydrogen) atoms. The van der Waals surface area contributed by atoms with E-state index in [4.69, 9.17) is 0 Å². The zero-order valence-corrected chi connectivity index (χ0v) is 9.91. The monoisotopic (exact) mass is 208 g/mol. The zero-order valence-electron chi connectivity index (χ0n) is 9.91. The maximum Gasteiger partial charge on any atom is 0.0247 e. The summed E-state index contributed by atoms with van der Waals surface area (Å²) in [5.74, 6) is 1.01. The normalized spacial score (nSPS) is 26.5. The molecule has 0 aromatic carbocycles. The molecule has 1 saturated heterocycles. The van der Waals surface area contributed by atoms with Gasteiger partial charge in [-0.3, -0.25) is 4.90 Å². The van der Waals surface area contributed by atoms with E-state index < -0.39 is 0 Å². The molecule has 2 aliphatic rings. The average Bonchev–Trinajstić information content (AvgIpc) is 3.10. The predicted octanol–water partition coefficient (Wildman–Crippen LogP) is 2.02. The lowest BCUT2D eigenvalue weighted by atomic mass is 10.0. The Bertz CT molecular complexity index is 203. The standard InChI is InChI=1S/C13H24N2/c1-3-11(2)15-8-6-13(7-9-15)14-10-12-4-5-12/h3,11-14H,1,4-10H2,2H3. The molecule has 0 aromatic heterocycles. The van der Waals surface area contributed by atoms with Gasteiger partial charge in [-0.05, 0) is 45.1 Å². The Balaban J connectivity index is 1.64. The van der Waals surface area contributed by atoms with Gasteiger partial charge in [-0.25, -0.2) is 0 Å². The van der Waals surface area contributed by atoms with Crippen molar-refractivity contribution in [2.75, 3.05) is 19.6 Å². The molecule has 0 radical (unpaired) electrons. The third-order valence-corrected chi connectivity index (χ3v) is 3.84. The van der Waals surface area contributed by atoms with Crippen molar-refractivity contribution in [2.24, 2.45) is 5.92 Å². The Morgan fingerprint density at radius 3 is 2.53 bits per heavy atom. The van der Waals surface area contributed by atoms with Crippen molar-refractivity contribution in [1.82, 2.24) is 10.2 Å². The van der Waals surface area contributed by atoms with E-state index in [1.165, 1.54) is 45.3 Å². The Kier molecular flexibility index (Phi) is 3.81. The Labute approximate surface area is 93.7 Å². The van der Waals surface area contributed by atoms with Crippen LogP contribution in [0.1, 0.15) is 32.6 Å². The van der Waals surface area contributed by atoms with E-state index in [1.54, 1.807) is 0 Å². The number of nitrogens with one attached hydrogen (secondary N) is 1. The predicted molar refractivity (Wildman–Crippen MR) is 65.0 cm³/mol. The van der Waals surface area contributed by atoms with E-state index in [-0.39, 0.29) is 0 Å². The number of hydrogen-bond donors (Lipinski definition) is 1. The summed E-state index contributed by atoms with van der Waals surface area (Å²) in [5, 5.41) is 3.71. The highest BCUT2D eigenvalue weighted by atomic mass is 15.2. The van der Waals surface area contributed by atoms with Crippen molar-refractivity contribution in [3.8, 4) is 0 Å². The van der Waals surface area contributed by atoms with E-state index in [0.717, 1.165) is 12.0 Å². The molecule has 1 unspecified atom stereocenters. The minimum Gasteiger partial charge on any atom is -0.314 e. The molecule has 1 aliphatic carbocycles. The second kappa shape index (κ2) is 5.13. The smallest absolute Gasteiger partial charge is 0.0247 e. The fourth-order valence-electron chi connectivity index (χ4n) is 2.32. The molecular weight excluding hydrogens is 184 g/mol. The van der Waals surface area contributed by atoms with Gasteiger partial charge in [-0.1, -0.05) is 6.08 Å². The van der Waals surface area contributed by atoms with E-state index >= 15 is 0 Å². The Morgan fingerprint density at radius 2 is 2.00 bits per heavy atom. The second-order valence-corrected chi connectivity index (χ2v) is 5.14. The first-order valence-electron chi connectivity index (χ1n) is 6.39.